The van der Waals surface area contributed by atoms with E-state index < -0.39 is 0 Å². The van der Waals surface area contributed by atoms with Gasteiger partial charge in [-0.25, -0.2) is 10.1 Å². The highest BCUT2D eigenvalue weighted by molar-refractivity contribution is 9.10. The Hall–Kier alpha value is -1.76. The summed E-state index contributed by atoms with van der Waals surface area (Å²) in [6, 6.07) is 3.34. The maximum absolute atomic E-state index is 11.7. The molecule has 2 heterocycles. The molecule has 0 fully saturated rings. The quantitative estimate of drug-likeness (QED) is 0.802. The molecule has 2 rings (SSSR count). The standard InChI is InChI=1S/C8H6BrN5O/c9-6-5(2-1-3-10-6)7(15)13-8-11-4-12-14-8/h1-4H,(H2,11,12,13,14,15). The molecule has 7 heteroatoms. The second-order valence-corrected chi connectivity index (χ2v) is 3.38. The Morgan fingerprint density at radius 3 is 3.00 bits per heavy atom. The summed E-state index contributed by atoms with van der Waals surface area (Å²) < 4.78 is 0.488. The van der Waals surface area contributed by atoms with Crippen molar-refractivity contribution in [2.24, 2.45) is 0 Å². The van der Waals surface area contributed by atoms with Crippen molar-refractivity contribution >= 4 is 27.8 Å². The molecule has 76 valence electrons. The number of anilines is 1. The van der Waals surface area contributed by atoms with Gasteiger partial charge in [-0.1, -0.05) is 0 Å². The van der Waals surface area contributed by atoms with Gasteiger partial charge in [0.25, 0.3) is 5.91 Å². The SMILES string of the molecule is O=C(Nc1ncn[nH]1)c1cccnc1Br. The molecule has 2 aromatic rings. The highest BCUT2D eigenvalue weighted by Gasteiger charge is 2.11. The molecule has 0 spiro atoms. The molecule has 0 aromatic carbocycles. The van der Waals surface area contributed by atoms with Crippen LogP contribution in [0, 0.1) is 0 Å². The van der Waals surface area contributed by atoms with Crippen LogP contribution in [0.25, 0.3) is 0 Å². The first-order chi connectivity index (χ1) is 7.27. The monoisotopic (exact) mass is 267 g/mol. The summed E-state index contributed by atoms with van der Waals surface area (Å²) in [5, 5.41) is 8.68. The van der Waals surface area contributed by atoms with E-state index in [0.717, 1.165) is 0 Å². The Kier molecular flexibility index (Phi) is 2.72. The van der Waals surface area contributed by atoms with Gasteiger partial charge in [-0.15, -0.1) is 0 Å². The molecule has 0 aliphatic heterocycles. The van der Waals surface area contributed by atoms with E-state index >= 15 is 0 Å². The summed E-state index contributed by atoms with van der Waals surface area (Å²) in [6.07, 6.45) is 2.91. The number of carbonyl (C=O) groups is 1. The van der Waals surface area contributed by atoms with Crippen LogP contribution in [0.1, 0.15) is 10.4 Å². The van der Waals surface area contributed by atoms with Crippen LogP contribution in [0.5, 0.6) is 0 Å². The number of nitrogens with zero attached hydrogens (tertiary/aromatic N) is 3. The number of halogens is 1. The summed E-state index contributed by atoms with van der Waals surface area (Å²) in [5.41, 5.74) is 0.439. The maximum atomic E-state index is 11.7. The second kappa shape index (κ2) is 4.18. The number of hydrogen-bond donors (Lipinski definition) is 2. The van der Waals surface area contributed by atoms with Crippen LogP contribution in [0.4, 0.5) is 5.95 Å². The molecular weight excluding hydrogens is 262 g/mol. The van der Waals surface area contributed by atoms with E-state index in [1.807, 2.05) is 0 Å². The molecule has 15 heavy (non-hydrogen) atoms. The Morgan fingerprint density at radius 1 is 1.47 bits per heavy atom. The average molecular weight is 268 g/mol. The molecule has 2 aromatic heterocycles. The predicted molar refractivity (Wildman–Crippen MR) is 56.3 cm³/mol. The molecule has 1 amide bonds. The highest BCUT2D eigenvalue weighted by atomic mass is 79.9. The minimum absolute atomic E-state index is 0.299. The molecule has 0 bridgehead atoms. The van der Waals surface area contributed by atoms with Crippen molar-refractivity contribution in [1.29, 1.82) is 0 Å². The molecule has 0 atom stereocenters. The Morgan fingerprint density at radius 2 is 2.33 bits per heavy atom. The Labute approximate surface area is 93.3 Å². The molecule has 0 saturated heterocycles. The zero-order chi connectivity index (χ0) is 10.7. The third-order valence-electron chi connectivity index (χ3n) is 1.65. The number of nitrogens with one attached hydrogen (secondary N) is 2. The third-order valence-corrected chi connectivity index (χ3v) is 2.28. The largest absolute Gasteiger partial charge is 0.291 e. The number of rotatable bonds is 2. The van der Waals surface area contributed by atoms with Gasteiger partial charge in [0, 0.05) is 6.20 Å². The van der Waals surface area contributed by atoms with Crippen molar-refractivity contribution in [3.8, 4) is 0 Å². The summed E-state index contributed by atoms with van der Waals surface area (Å²) in [4.78, 5) is 19.4. The normalized spacial score (nSPS) is 9.93. The van der Waals surface area contributed by atoms with E-state index in [0.29, 0.717) is 16.1 Å². The highest BCUT2D eigenvalue weighted by Crippen LogP contribution is 2.13. The molecule has 0 aliphatic rings. The molecule has 0 radical (unpaired) electrons. The van der Waals surface area contributed by atoms with E-state index in [-0.39, 0.29) is 5.91 Å². The lowest BCUT2D eigenvalue weighted by molar-refractivity contribution is 0.102. The van der Waals surface area contributed by atoms with Crippen LogP contribution in [-0.4, -0.2) is 26.1 Å². The van der Waals surface area contributed by atoms with Gasteiger partial charge >= 0.3 is 0 Å². The topological polar surface area (TPSA) is 83.6 Å². The van der Waals surface area contributed by atoms with Crippen molar-refractivity contribution in [3.63, 3.8) is 0 Å². The predicted octanol–water partition coefficient (Wildman–Crippen LogP) is 1.21. The van der Waals surface area contributed by atoms with Crippen molar-refractivity contribution in [2.75, 3.05) is 5.32 Å². The van der Waals surface area contributed by atoms with E-state index in [2.05, 4.69) is 41.4 Å². The van der Waals surface area contributed by atoms with Crippen LogP contribution in [0.3, 0.4) is 0 Å². The van der Waals surface area contributed by atoms with E-state index in [1.54, 1.807) is 18.3 Å². The minimum atomic E-state index is -0.299. The molecule has 0 unspecified atom stereocenters. The fourth-order valence-electron chi connectivity index (χ4n) is 0.996. The fourth-order valence-corrected chi connectivity index (χ4v) is 1.43. The van der Waals surface area contributed by atoms with Gasteiger partial charge in [0.2, 0.25) is 5.95 Å². The zero-order valence-corrected chi connectivity index (χ0v) is 9.02. The lowest BCUT2D eigenvalue weighted by Crippen LogP contribution is -2.14. The van der Waals surface area contributed by atoms with Crippen LogP contribution >= 0.6 is 15.9 Å². The van der Waals surface area contributed by atoms with Crippen molar-refractivity contribution in [3.05, 3.63) is 34.8 Å². The average Bonchev–Trinajstić information content (AvgIpc) is 2.71. The summed E-state index contributed by atoms with van der Waals surface area (Å²) in [7, 11) is 0. The molecule has 0 aliphatic carbocycles. The Bertz CT molecular complexity index is 470. The fraction of sp³-hybridized carbons (Fsp3) is 0. The smallest absolute Gasteiger partial charge is 0.260 e. The number of aromatic amines is 1. The summed E-state index contributed by atoms with van der Waals surface area (Å²) in [5.74, 6) is 0.00229. The zero-order valence-electron chi connectivity index (χ0n) is 7.44. The summed E-state index contributed by atoms with van der Waals surface area (Å²) >= 11 is 3.18. The number of H-pyrrole nitrogens is 1. The number of aromatic nitrogens is 4. The number of pyridine rings is 1. The van der Waals surface area contributed by atoms with Crippen molar-refractivity contribution in [1.82, 2.24) is 20.2 Å². The molecule has 0 saturated carbocycles. The number of hydrogen-bond acceptors (Lipinski definition) is 4. The van der Waals surface area contributed by atoms with Gasteiger partial charge < -0.3 is 0 Å². The lowest BCUT2D eigenvalue weighted by Gasteiger charge is -2.02. The maximum Gasteiger partial charge on any atom is 0.260 e. The first-order valence-electron chi connectivity index (χ1n) is 4.04. The van der Waals surface area contributed by atoms with Crippen LogP contribution < -0.4 is 5.32 Å². The van der Waals surface area contributed by atoms with Gasteiger partial charge in [-0.3, -0.25) is 10.1 Å². The Balaban J connectivity index is 2.19. The van der Waals surface area contributed by atoms with Crippen molar-refractivity contribution in [2.45, 2.75) is 0 Å². The number of amides is 1. The van der Waals surface area contributed by atoms with Gasteiger partial charge in [-0.05, 0) is 28.1 Å². The second-order valence-electron chi connectivity index (χ2n) is 2.63. The van der Waals surface area contributed by atoms with Gasteiger partial charge in [0.05, 0.1) is 5.56 Å². The van der Waals surface area contributed by atoms with Crippen LogP contribution in [0.2, 0.25) is 0 Å². The molecule has 2 N–H and O–H groups in total. The van der Waals surface area contributed by atoms with Crippen LogP contribution in [-0.2, 0) is 0 Å². The minimum Gasteiger partial charge on any atom is -0.291 e. The van der Waals surface area contributed by atoms with E-state index in [1.165, 1.54) is 6.33 Å². The molecule has 6 nitrogen and oxygen atoms in total. The molecular formula is C8H6BrN5O. The van der Waals surface area contributed by atoms with Gasteiger partial charge in [-0.2, -0.15) is 10.1 Å². The third kappa shape index (κ3) is 2.18. The van der Waals surface area contributed by atoms with E-state index in [9.17, 15) is 4.79 Å². The lowest BCUT2D eigenvalue weighted by atomic mass is 10.3. The van der Waals surface area contributed by atoms with E-state index in [4.69, 9.17) is 0 Å². The van der Waals surface area contributed by atoms with Gasteiger partial charge in [0.1, 0.15) is 10.9 Å². The van der Waals surface area contributed by atoms with Gasteiger partial charge in [0.15, 0.2) is 0 Å². The van der Waals surface area contributed by atoms with Crippen LogP contribution in [0.15, 0.2) is 29.3 Å². The first-order valence-corrected chi connectivity index (χ1v) is 4.84. The summed E-state index contributed by atoms with van der Waals surface area (Å²) in [6.45, 7) is 0. The number of carbonyl (C=O) groups excluding carboxylic acids is 1. The van der Waals surface area contributed by atoms with Crippen molar-refractivity contribution < 1.29 is 4.79 Å². The first kappa shape index (κ1) is 9.78.